The number of halogens is 4. The first-order valence-corrected chi connectivity index (χ1v) is 7.13. The van der Waals surface area contributed by atoms with Crippen molar-refractivity contribution < 1.29 is 9.53 Å². The average Bonchev–Trinajstić information content (AvgIpc) is 2.34. The molecule has 1 aromatic carbocycles. The van der Waals surface area contributed by atoms with E-state index in [1.807, 2.05) is 0 Å². The first kappa shape index (κ1) is 16.9. The smallest absolute Gasteiger partial charge is 0.305 e. The molecule has 0 bridgehead atoms. The molecule has 1 rings (SSSR count). The molecule has 106 valence electrons. The van der Waals surface area contributed by atoms with E-state index in [1.165, 1.54) is 6.07 Å². The first-order valence-electron chi connectivity index (χ1n) is 5.62. The van der Waals surface area contributed by atoms with Crippen molar-refractivity contribution in [3.63, 3.8) is 0 Å². The predicted octanol–water partition coefficient (Wildman–Crippen LogP) is 4.64. The van der Waals surface area contributed by atoms with Gasteiger partial charge in [-0.05, 0) is 19.4 Å². The summed E-state index contributed by atoms with van der Waals surface area (Å²) in [5.74, 6) is -0.315. The van der Waals surface area contributed by atoms with Gasteiger partial charge in [-0.15, -0.1) is 0 Å². The highest BCUT2D eigenvalue weighted by Crippen LogP contribution is 2.40. The van der Waals surface area contributed by atoms with Crippen molar-refractivity contribution in [2.75, 3.05) is 6.61 Å². The quantitative estimate of drug-likeness (QED) is 0.480. The highest BCUT2D eigenvalue weighted by atomic mass is 35.5. The van der Waals surface area contributed by atoms with Gasteiger partial charge in [-0.1, -0.05) is 46.4 Å². The molecule has 2 N–H and O–H groups in total. The molecule has 1 aromatic rings. The van der Waals surface area contributed by atoms with E-state index < -0.39 is 6.04 Å². The second-order valence-electron chi connectivity index (χ2n) is 3.83. The van der Waals surface area contributed by atoms with Gasteiger partial charge in [0, 0.05) is 23.0 Å². The van der Waals surface area contributed by atoms with Gasteiger partial charge < -0.3 is 10.5 Å². The second kappa shape index (κ2) is 7.55. The van der Waals surface area contributed by atoms with E-state index in [-0.39, 0.29) is 27.5 Å². The number of nitrogens with two attached hydrogens (primary N) is 1. The monoisotopic (exact) mass is 343 g/mol. The molecular weight excluding hydrogens is 332 g/mol. The number of rotatable bonds is 5. The fraction of sp³-hybridized carbons (Fsp3) is 0.417. The molecule has 7 heteroatoms. The van der Waals surface area contributed by atoms with Crippen LogP contribution in [0.4, 0.5) is 0 Å². The van der Waals surface area contributed by atoms with Crippen LogP contribution in [0.25, 0.3) is 0 Å². The summed E-state index contributed by atoms with van der Waals surface area (Å²) in [5.41, 5.74) is 6.47. The lowest BCUT2D eigenvalue weighted by molar-refractivity contribution is -0.143. The van der Waals surface area contributed by atoms with Crippen LogP contribution in [0.1, 0.15) is 31.4 Å². The summed E-state index contributed by atoms with van der Waals surface area (Å²) in [6, 6.07) is 0.968. The number of hydrogen-bond acceptors (Lipinski definition) is 3. The molecule has 0 aliphatic rings. The van der Waals surface area contributed by atoms with Crippen molar-refractivity contribution in [3.05, 3.63) is 31.7 Å². The van der Waals surface area contributed by atoms with Gasteiger partial charge >= 0.3 is 5.97 Å². The molecule has 1 atom stereocenters. The fourth-order valence-electron chi connectivity index (χ4n) is 1.57. The molecule has 0 spiro atoms. The minimum absolute atomic E-state index is 0.182. The van der Waals surface area contributed by atoms with Gasteiger partial charge in [0.25, 0.3) is 0 Å². The van der Waals surface area contributed by atoms with Gasteiger partial charge in [-0.25, -0.2) is 0 Å². The molecule has 0 aliphatic heterocycles. The van der Waals surface area contributed by atoms with Crippen LogP contribution in [-0.2, 0) is 9.53 Å². The highest BCUT2D eigenvalue weighted by Gasteiger charge is 2.20. The number of esters is 1. The van der Waals surface area contributed by atoms with Crippen LogP contribution in [0, 0.1) is 0 Å². The molecule has 0 amide bonds. The Morgan fingerprint density at radius 3 is 2.47 bits per heavy atom. The van der Waals surface area contributed by atoms with Gasteiger partial charge in [0.1, 0.15) is 0 Å². The maximum atomic E-state index is 11.3. The summed E-state index contributed by atoms with van der Waals surface area (Å²) < 4.78 is 4.82. The van der Waals surface area contributed by atoms with Gasteiger partial charge in [0.15, 0.2) is 0 Å². The summed E-state index contributed by atoms with van der Waals surface area (Å²) >= 11 is 23.9. The first-order chi connectivity index (χ1) is 8.88. The largest absolute Gasteiger partial charge is 0.466 e. The third kappa shape index (κ3) is 4.40. The standard InChI is InChI=1S/C12H13Cl4NO2/c1-2-19-9(18)4-3-8(17)10-6(13)5-7(14)11(15)12(10)16/h5,8H,2-4,17H2,1H3. The average molecular weight is 345 g/mol. The predicted molar refractivity (Wildman–Crippen MR) is 79.3 cm³/mol. The Morgan fingerprint density at radius 2 is 1.89 bits per heavy atom. The molecule has 0 radical (unpaired) electrons. The molecule has 19 heavy (non-hydrogen) atoms. The third-order valence-corrected chi connectivity index (χ3v) is 4.07. The second-order valence-corrected chi connectivity index (χ2v) is 5.40. The van der Waals surface area contributed by atoms with E-state index in [9.17, 15) is 4.79 Å². The molecule has 0 saturated heterocycles. The van der Waals surface area contributed by atoms with Crippen molar-refractivity contribution >= 4 is 52.4 Å². The van der Waals surface area contributed by atoms with Crippen LogP contribution in [-0.4, -0.2) is 12.6 Å². The van der Waals surface area contributed by atoms with Crippen molar-refractivity contribution in [1.29, 1.82) is 0 Å². The van der Waals surface area contributed by atoms with Crippen LogP contribution >= 0.6 is 46.4 Å². The van der Waals surface area contributed by atoms with E-state index in [0.29, 0.717) is 23.6 Å². The Hall–Kier alpha value is -0.190. The van der Waals surface area contributed by atoms with Gasteiger partial charge in [0.2, 0.25) is 0 Å². The van der Waals surface area contributed by atoms with Crippen LogP contribution in [0.3, 0.4) is 0 Å². The Morgan fingerprint density at radius 1 is 1.26 bits per heavy atom. The van der Waals surface area contributed by atoms with Crippen molar-refractivity contribution in [2.24, 2.45) is 5.73 Å². The zero-order valence-electron chi connectivity index (χ0n) is 10.2. The Balaban J connectivity index is 2.85. The zero-order valence-corrected chi connectivity index (χ0v) is 13.2. The minimum Gasteiger partial charge on any atom is -0.466 e. The lowest BCUT2D eigenvalue weighted by Crippen LogP contribution is -2.15. The highest BCUT2D eigenvalue weighted by molar-refractivity contribution is 6.49. The molecule has 3 nitrogen and oxygen atoms in total. The summed E-state index contributed by atoms with van der Waals surface area (Å²) in [7, 11) is 0. The number of carbonyl (C=O) groups excluding carboxylic acids is 1. The van der Waals surface area contributed by atoms with Gasteiger partial charge in [0.05, 0.1) is 21.7 Å². The minimum atomic E-state index is -0.515. The van der Waals surface area contributed by atoms with Crippen molar-refractivity contribution in [3.8, 4) is 0 Å². The number of benzene rings is 1. The molecule has 0 aromatic heterocycles. The van der Waals surface area contributed by atoms with Crippen LogP contribution < -0.4 is 5.73 Å². The topological polar surface area (TPSA) is 52.3 Å². The molecule has 0 fully saturated rings. The summed E-state index contributed by atoms with van der Waals surface area (Å²) in [4.78, 5) is 11.3. The Kier molecular flexibility index (Phi) is 6.71. The third-order valence-electron chi connectivity index (χ3n) is 2.49. The lowest BCUT2D eigenvalue weighted by atomic mass is 10.0. The molecule has 0 saturated carbocycles. The van der Waals surface area contributed by atoms with E-state index in [2.05, 4.69) is 0 Å². The van der Waals surface area contributed by atoms with Crippen molar-refractivity contribution in [1.82, 2.24) is 0 Å². The maximum Gasteiger partial charge on any atom is 0.305 e. The lowest BCUT2D eigenvalue weighted by Gasteiger charge is -2.16. The van der Waals surface area contributed by atoms with Crippen molar-refractivity contribution in [2.45, 2.75) is 25.8 Å². The molecule has 0 aliphatic carbocycles. The van der Waals surface area contributed by atoms with E-state index >= 15 is 0 Å². The summed E-state index contributed by atoms with van der Waals surface area (Å²) in [6.45, 7) is 2.08. The number of ether oxygens (including phenoxy) is 1. The SMILES string of the molecule is CCOC(=O)CCC(N)c1c(Cl)cc(Cl)c(Cl)c1Cl. The molecule has 0 heterocycles. The molecule has 1 unspecified atom stereocenters. The van der Waals surface area contributed by atoms with Gasteiger partial charge in [-0.2, -0.15) is 0 Å². The van der Waals surface area contributed by atoms with Crippen LogP contribution in [0.2, 0.25) is 20.1 Å². The van der Waals surface area contributed by atoms with E-state index in [4.69, 9.17) is 56.9 Å². The molecular formula is C12H13Cl4NO2. The number of carbonyl (C=O) groups is 1. The zero-order chi connectivity index (χ0) is 14.6. The Bertz CT molecular complexity index is 479. The summed E-state index contributed by atoms with van der Waals surface area (Å²) in [5, 5.41) is 1.01. The fourth-order valence-corrected chi connectivity index (χ4v) is 2.77. The number of hydrogen-bond donors (Lipinski definition) is 1. The van der Waals surface area contributed by atoms with Crippen LogP contribution in [0.15, 0.2) is 6.07 Å². The Labute approximate surface area is 131 Å². The maximum absolute atomic E-state index is 11.3. The van der Waals surface area contributed by atoms with Crippen LogP contribution in [0.5, 0.6) is 0 Å². The normalized spacial score (nSPS) is 12.3. The van der Waals surface area contributed by atoms with Gasteiger partial charge in [-0.3, -0.25) is 4.79 Å². The van der Waals surface area contributed by atoms with E-state index in [0.717, 1.165) is 0 Å². The van der Waals surface area contributed by atoms with E-state index in [1.54, 1.807) is 6.92 Å². The summed E-state index contributed by atoms with van der Waals surface area (Å²) in [6.07, 6.45) is 0.540.